The van der Waals surface area contributed by atoms with Gasteiger partial charge in [0.15, 0.2) is 0 Å². The van der Waals surface area contributed by atoms with Gasteiger partial charge in [-0.15, -0.1) is 0 Å². The van der Waals surface area contributed by atoms with Crippen molar-refractivity contribution < 1.29 is 4.79 Å². The van der Waals surface area contributed by atoms with Crippen LogP contribution in [0.5, 0.6) is 0 Å². The highest BCUT2D eigenvalue weighted by atomic mass is 16.1. The van der Waals surface area contributed by atoms with Crippen molar-refractivity contribution in [2.45, 2.75) is 58.9 Å². The molecule has 3 heteroatoms. The zero-order valence-electron chi connectivity index (χ0n) is 10.5. The Hall–Kier alpha value is -0.860. The van der Waals surface area contributed by atoms with Crippen LogP contribution in [0.4, 0.5) is 0 Å². The van der Waals surface area contributed by atoms with Gasteiger partial charge in [0.25, 0.3) is 0 Å². The molecule has 0 aromatic carbocycles. The van der Waals surface area contributed by atoms with Crippen molar-refractivity contribution in [2.75, 3.05) is 0 Å². The Bertz CT molecular complexity index is 320. The number of fused-ring (bicyclic) bond motifs is 1. The minimum atomic E-state index is 0.0829. The smallest absolute Gasteiger partial charge is 0.144 e. The number of unbranched alkanes of at least 4 members (excludes halogenated alkanes) is 1. The molecule has 0 spiro atoms. The SMILES string of the molecule is CCCCC1=NN[C@H]2CC(C)(C)CC(=O)[C@@H]12. The van der Waals surface area contributed by atoms with Crippen molar-refractivity contribution in [3.05, 3.63) is 0 Å². The molecular formula is C13H22N2O. The summed E-state index contributed by atoms with van der Waals surface area (Å²) >= 11 is 0. The molecular weight excluding hydrogens is 200 g/mol. The summed E-state index contributed by atoms with van der Waals surface area (Å²) in [4.78, 5) is 12.1. The largest absolute Gasteiger partial charge is 0.306 e. The van der Waals surface area contributed by atoms with Crippen LogP contribution in [0.2, 0.25) is 0 Å². The van der Waals surface area contributed by atoms with E-state index in [-0.39, 0.29) is 17.4 Å². The molecule has 0 saturated heterocycles. The molecule has 1 heterocycles. The molecule has 0 bridgehead atoms. The van der Waals surface area contributed by atoms with Crippen LogP contribution in [-0.4, -0.2) is 17.5 Å². The molecule has 16 heavy (non-hydrogen) atoms. The van der Waals surface area contributed by atoms with Crippen LogP contribution in [0.15, 0.2) is 5.10 Å². The molecule has 1 aliphatic heterocycles. The minimum absolute atomic E-state index is 0.0829. The second-order valence-corrected chi connectivity index (χ2v) is 5.93. The molecule has 2 atom stereocenters. The first-order valence-electron chi connectivity index (χ1n) is 6.38. The summed E-state index contributed by atoms with van der Waals surface area (Å²) in [7, 11) is 0. The highest BCUT2D eigenvalue weighted by Gasteiger charge is 2.45. The molecule has 1 aliphatic carbocycles. The Balaban J connectivity index is 2.06. The number of carbonyl (C=O) groups excluding carboxylic acids is 1. The van der Waals surface area contributed by atoms with Crippen molar-refractivity contribution in [3.8, 4) is 0 Å². The van der Waals surface area contributed by atoms with Gasteiger partial charge in [-0.1, -0.05) is 27.2 Å². The predicted octanol–water partition coefficient (Wildman–Crippen LogP) is 2.51. The number of nitrogens with zero attached hydrogens (tertiary/aromatic N) is 1. The number of nitrogens with one attached hydrogen (secondary N) is 1. The van der Waals surface area contributed by atoms with Gasteiger partial charge in [0.1, 0.15) is 5.78 Å². The van der Waals surface area contributed by atoms with Crippen molar-refractivity contribution in [2.24, 2.45) is 16.4 Å². The number of rotatable bonds is 3. The van der Waals surface area contributed by atoms with Crippen molar-refractivity contribution in [1.82, 2.24) is 5.43 Å². The lowest BCUT2D eigenvalue weighted by Crippen LogP contribution is -2.45. The van der Waals surface area contributed by atoms with E-state index in [4.69, 9.17) is 0 Å². The third-order valence-electron chi connectivity index (χ3n) is 3.69. The molecule has 0 amide bonds. The van der Waals surface area contributed by atoms with E-state index in [2.05, 4.69) is 31.3 Å². The Morgan fingerprint density at radius 3 is 2.94 bits per heavy atom. The highest BCUT2D eigenvalue weighted by molar-refractivity contribution is 6.07. The van der Waals surface area contributed by atoms with Gasteiger partial charge in [-0.25, -0.2) is 0 Å². The molecule has 2 rings (SSSR count). The number of hydrogen-bond donors (Lipinski definition) is 1. The van der Waals surface area contributed by atoms with E-state index in [0.717, 1.165) is 31.4 Å². The lowest BCUT2D eigenvalue weighted by atomic mass is 9.68. The number of carbonyl (C=O) groups is 1. The Labute approximate surface area is 97.7 Å². The van der Waals surface area contributed by atoms with E-state index in [1.54, 1.807) is 0 Å². The van der Waals surface area contributed by atoms with Crippen LogP contribution in [-0.2, 0) is 4.79 Å². The summed E-state index contributed by atoms with van der Waals surface area (Å²) in [6.07, 6.45) is 5.05. The predicted molar refractivity (Wildman–Crippen MR) is 65.4 cm³/mol. The molecule has 1 fully saturated rings. The van der Waals surface area contributed by atoms with Crippen LogP contribution >= 0.6 is 0 Å². The quantitative estimate of drug-likeness (QED) is 0.797. The zero-order chi connectivity index (χ0) is 11.8. The molecule has 0 aromatic heterocycles. The average Bonchev–Trinajstić information content (AvgIpc) is 2.56. The van der Waals surface area contributed by atoms with Crippen LogP contribution in [0.3, 0.4) is 0 Å². The molecule has 0 aromatic rings. The van der Waals surface area contributed by atoms with Gasteiger partial charge in [0, 0.05) is 6.42 Å². The molecule has 90 valence electrons. The van der Waals surface area contributed by atoms with E-state index >= 15 is 0 Å². The van der Waals surface area contributed by atoms with Crippen LogP contribution < -0.4 is 5.43 Å². The van der Waals surface area contributed by atoms with Crippen LogP contribution in [0.25, 0.3) is 0 Å². The molecule has 2 aliphatic rings. The Morgan fingerprint density at radius 1 is 1.50 bits per heavy atom. The van der Waals surface area contributed by atoms with Gasteiger partial charge in [-0.2, -0.15) is 5.10 Å². The number of Topliss-reactive ketones (excluding diaryl/α,β-unsaturated/α-hetero) is 1. The average molecular weight is 222 g/mol. The van der Waals surface area contributed by atoms with E-state index in [0.29, 0.717) is 12.2 Å². The first-order chi connectivity index (χ1) is 7.53. The van der Waals surface area contributed by atoms with E-state index in [1.165, 1.54) is 0 Å². The van der Waals surface area contributed by atoms with E-state index in [1.807, 2.05) is 0 Å². The minimum Gasteiger partial charge on any atom is -0.306 e. The molecule has 1 saturated carbocycles. The summed E-state index contributed by atoms with van der Waals surface area (Å²) in [5.74, 6) is 0.473. The van der Waals surface area contributed by atoms with Gasteiger partial charge in [-0.05, 0) is 24.7 Å². The summed E-state index contributed by atoms with van der Waals surface area (Å²) < 4.78 is 0. The second kappa shape index (κ2) is 4.19. The second-order valence-electron chi connectivity index (χ2n) is 5.93. The topological polar surface area (TPSA) is 41.5 Å². The van der Waals surface area contributed by atoms with Crippen molar-refractivity contribution in [3.63, 3.8) is 0 Å². The summed E-state index contributed by atoms with van der Waals surface area (Å²) in [5.41, 5.74) is 4.41. The normalized spacial score (nSPS) is 31.9. The van der Waals surface area contributed by atoms with Gasteiger partial charge in [0.05, 0.1) is 17.7 Å². The lowest BCUT2D eigenvalue weighted by Gasteiger charge is -2.36. The fourth-order valence-corrected chi connectivity index (χ4v) is 2.93. The van der Waals surface area contributed by atoms with Gasteiger partial charge >= 0.3 is 0 Å². The fraction of sp³-hybridized carbons (Fsp3) is 0.846. The maximum Gasteiger partial charge on any atom is 0.144 e. The van der Waals surface area contributed by atoms with Gasteiger partial charge < -0.3 is 5.43 Å². The van der Waals surface area contributed by atoms with Gasteiger partial charge in [-0.3, -0.25) is 4.79 Å². The van der Waals surface area contributed by atoms with Crippen molar-refractivity contribution in [1.29, 1.82) is 0 Å². The zero-order valence-corrected chi connectivity index (χ0v) is 10.5. The van der Waals surface area contributed by atoms with Crippen LogP contribution in [0.1, 0.15) is 52.9 Å². The maximum absolute atomic E-state index is 12.1. The maximum atomic E-state index is 12.1. The third-order valence-corrected chi connectivity index (χ3v) is 3.69. The lowest BCUT2D eigenvalue weighted by molar-refractivity contribution is -0.126. The number of hydrogen-bond acceptors (Lipinski definition) is 3. The number of hydrazone groups is 1. The third kappa shape index (κ3) is 2.13. The van der Waals surface area contributed by atoms with E-state index in [9.17, 15) is 4.79 Å². The van der Waals surface area contributed by atoms with Crippen LogP contribution in [0, 0.1) is 11.3 Å². The van der Waals surface area contributed by atoms with Gasteiger partial charge in [0.2, 0.25) is 0 Å². The molecule has 3 nitrogen and oxygen atoms in total. The first kappa shape index (κ1) is 11.6. The Kier molecular flexibility index (Phi) is 3.04. The Morgan fingerprint density at radius 2 is 2.25 bits per heavy atom. The molecule has 1 N–H and O–H groups in total. The van der Waals surface area contributed by atoms with E-state index < -0.39 is 0 Å². The van der Waals surface area contributed by atoms with Crippen molar-refractivity contribution >= 4 is 11.5 Å². The monoisotopic (exact) mass is 222 g/mol. The number of ketones is 1. The summed E-state index contributed by atoms with van der Waals surface area (Å²) in [5, 5.41) is 4.38. The summed E-state index contributed by atoms with van der Waals surface area (Å²) in [6, 6.07) is 0.267. The summed E-state index contributed by atoms with van der Waals surface area (Å²) in [6.45, 7) is 6.52. The first-order valence-corrected chi connectivity index (χ1v) is 6.38. The highest BCUT2D eigenvalue weighted by Crippen LogP contribution is 2.39. The fourth-order valence-electron chi connectivity index (χ4n) is 2.93. The standard InChI is InChI=1S/C13H22N2O/c1-4-5-6-9-12-10(15-14-9)7-13(2,3)8-11(12)16/h10,12,15H,4-8H2,1-3H3/t10-,12-/m0/s1. The molecule has 0 unspecified atom stereocenters. The molecule has 0 radical (unpaired) electrons.